The summed E-state index contributed by atoms with van der Waals surface area (Å²) < 4.78 is 22.9. The van der Waals surface area contributed by atoms with Gasteiger partial charge in [0.1, 0.15) is 6.04 Å². The number of sulfone groups is 1. The highest BCUT2D eigenvalue weighted by Crippen LogP contribution is 2.16. The molecule has 0 aliphatic carbocycles. The summed E-state index contributed by atoms with van der Waals surface area (Å²) >= 11 is 0. The molecule has 0 radical (unpaired) electrons. The standard InChI is InChI=1S/C13H23N3O4S/c1-16(10-5-7-21(19,20)9-10)8-12(17)15-11-4-2-3-6-14-13(11)18/h10-11H,2-9H2,1H3,(H,14,18)(H,15,17)/t10-,11+/m1/s1. The minimum absolute atomic E-state index is 0.108. The Bertz CT molecular complexity index is 506. The van der Waals surface area contributed by atoms with E-state index in [9.17, 15) is 18.0 Å². The number of amides is 2. The molecule has 0 bridgehead atoms. The molecule has 2 aliphatic rings. The molecule has 7 nitrogen and oxygen atoms in total. The van der Waals surface area contributed by atoms with Crippen molar-refractivity contribution in [2.45, 2.75) is 37.8 Å². The minimum atomic E-state index is -2.95. The van der Waals surface area contributed by atoms with Crippen LogP contribution in [0.4, 0.5) is 0 Å². The zero-order valence-electron chi connectivity index (χ0n) is 12.3. The number of hydrogen-bond acceptors (Lipinski definition) is 5. The molecule has 2 rings (SSSR count). The summed E-state index contributed by atoms with van der Waals surface area (Å²) in [5, 5.41) is 5.51. The lowest BCUT2D eigenvalue weighted by Gasteiger charge is -2.23. The maximum atomic E-state index is 12.0. The lowest BCUT2D eigenvalue weighted by atomic mass is 10.1. The fraction of sp³-hybridized carbons (Fsp3) is 0.846. The number of likely N-dealkylation sites (N-methyl/N-ethyl adjacent to an activating group) is 1. The van der Waals surface area contributed by atoms with Gasteiger partial charge in [0.25, 0.3) is 0 Å². The van der Waals surface area contributed by atoms with Crippen LogP contribution in [0.2, 0.25) is 0 Å². The van der Waals surface area contributed by atoms with Gasteiger partial charge in [-0.2, -0.15) is 0 Å². The van der Waals surface area contributed by atoms with Gasteiger partial charge < -0.3 is 10.6 Å². The number of rotatable bonds is 4. The van der Waals surface area contributed by atoms with Crippen molar-refractivity contribution < 1.29 is 18.0 Å². The number of carbonyl (C=O) groups excluding carboxylic acids is 2. The number of hydrogen-bond donors (Lipinski definition) is 2. The van der Waals surface area contributed by atoms with Crippen LogP contribution in [-0.4, -0.2) is 68.9 Å². The third-order valence-corrected chi connectivity index (χ3v) is 5.85. The lowest BCUT2D eigenvalue weighted by Crippen LogP contribution is -2.49. The van der Waals surface area contributed by atoms with Crippen LogP contribution in [0, 0.1) is 0 Å². The predicted octanol–water partition coefficient (Wildman–Crippen LogP) is -1.11. The van der Waals surface area contributed by atoms with Gasteiger partial charge >= 0.3 is 0 Å². The van der Waals surface area contributed by atoms with E-state index in [1.54, 1.807) is 11.9 Å². The van der Waals surface area contributed by atoms with Gasteiger partial charge in [0.2, 0.25) is 11.8 Å². The molecule has 2 saturated heterocycles. The quantitative estimate of drug-likeness (QED) is 0.685. The molecule has 2 amide bonds. The first-order chi connectivity index (χ1) is 9.87. The Hall–Kier alpha value is -1.15. The zero-order chi connectivity index (χ0) is 15.5. The van der Waals surface area contributed by atoms with E-state index < -0.39 is 15.9 Å². The van der Waals surface area contributed by atoms with Crippen LogP contribution in [0.3, 0.4) is 0 Å². The first kappa shape index (κ1) is 16.2. The molecule has 120 valence electrons. The highest BCUT2D eigenvalue weighted by molar-refractivity contribution is 7.91. The Morgan fingerprint density at radius 1 is 1.38 bits per heavy atom. The molecular weight excluding hydrogens is 294 g/mol. The Kier molecular flexibility index (Phi) is 5.21. The number of carbonyl (C=O) groups is 2. The molecule has 0 aromatic rings. The van der Waals surface area contributed by atoms with E-state index in [0.29, 0.717) is 19.4 Å². The average Bonchev–Trinajstić information content (AvgIpc) is 2.65. The highest BCUT2D eigenvalue weighted by atomic mass is 32.2. The van der Waals surface area contributed by atoms with E-state index in [1.165, 1.54) is 0 Å². The Morgan fingerprint density at radius 2 is 2.14 bits per heavy atom. The molecule has 0 unspecified atom stereocenters. The first-order valence-corrected chi connectivity index (χ1v) is 9.17. The molecule has 21 heavy (non-hydrogen) atoms. The lowest BCUT2D eigenvalue weighted by molar-refractivity contribution is -0.129. The van der Waals surface area contributed by atoms with Gasteiger partial charge in [-0.1, -0.05) is 0 Å². The van der Waals surface area contributed by atoms with Crippen molar-refractivity contribution in [2.75, 3.05) is 31.6 Å². The van der Waals surface area contributed by atoms with Crippen LogP contribution in [-0.2, 0) is 19.4 Å². The van der Waals surface area contributed by atoms with E-state index in [0.717, 1.165) is 12.8 Å². The molecular formula is C13H23N3O4S. The van der Waals surface area contributed by atoms with Crippen molar-refractivity contribution in [1.82, 2.24) is 15.5 Å². The maximum Gasteiger partial charge on any atom is 0.242 e. The Balaban J connectivity index is 1.82. The largest absolute Gasteiger partial charge is 0.354 e. The summed E-state index contributed by atoms with van der Waals surface area (Å²) in [6, 6.07) is -0.579. The second-order valence-corrected chi connectivity index (χ2v) is 8.11. The van der Waals surface area contributed by atoms with Crippen molar-refractivity contribution in [3.05, 3.63) is 0 Å². The van der Waals surface area contributed by atoms with E-state index in [2.05, 4.69) is 10.6 Å². The second-order valence-electron chi connectivity index (χ2n) is 5.88. The van der Waals surface area contributed by atoms with Gasteiger partial charge in [0.15, 0.2) is 9.84 Å². The molecule has 2 aliphatic heterocycles. The first-order valence-electron chi connectivity index (χ1n) is 7.35. The predicted molar refractivity (Wildman–Crippen MR) is 78.5 cm³/mol. The molecule has 2 fully saturated rings. The molecule has 0 saturated carbocycles. The Labute approximate surface area is 125 Å². The highest BCUT2D eigenvalue weighted by Gasteiger charge is 2.31. The van der Waals surface area contributed by atoms with Gasteiger partial charge in [0.05, 0.1) is 18.1 Å². The van der Waals surface area contributed by atoms with Crippen LogP contribution >= 0.6 is 0 Å². The molecule has 0 aromatic carbocycles. The topological polar surface area (TPSA) is 95.6 Å². The van der Waals surface area contributed by atoms with Crippen molar-refractivity contribution in [3.63, 3.8) is 0 Å². The van der Waals surface area contributed by atoms with Crippen molar-refractivity contribution in [1.29, 1.82) is 0 Å². The van der Waals surface area contributed by atoms with Crippen LogP contribution in [0.1, 0.15) is 25.7 Å². The number of nitrogens with zero attached hydrogens (tertiary/aromatic N) is 1. The molecule has 2 atom stereocenters. The molecule has 0 aromatic heterocycles. The summed E-state index contributed by atoms with van der Waals surface area (Å²) in [6.45, 7) is 0.773. The van der Waals surface area contributed by atoms with Crippen LogP contribution in [0.15, 0.2) is 0 Å². The fourth-order valence-electron chi connectivity index (χ4n) is 2.80. The van der Waals surface area contributed by atoms with Gasteiger partial charge in [-0.15, -0.1) is 0 Å². The number of nitrogens with one attached hydrogen (secondary N) is 2. The van der Waals surface area contributed by atoms with E-state index in [4.69, 9.17) is 0 Å². The SMILES string of the molecule is CN(CC(=O)N[C@H]1CCCCNC1=O)[C@@H]1CCS(=O)(=O)C1. The fourth-order valence-corrected chi connectivity index (χ4v) is 4.60. The van der Waals surface area contributed by atoms with Crippen LogP contribution in [0.5, 0.6) is 0 Å². The van der Waals surface area contributed by atoms with Crippen molar-refractivity contribution in [3.8, 4) is 0 Å². The third-order valence-electron chi connectivity index (χ3n) is 4.10. The molecule has 2 N–H and O–H groups in total. The normalized spacial score (nSPS) is 29.0. The van der Waals surface area contributed by atoms with Gasteiger partial charge in [-0.05, 0) is 32.7 Å². The monoisotopic (exact) mass is 317 g/mol. The second kappa shape index (κ2) is 6.74. The zero-order valence-corrected chi connectivity index (χ0v) is 13.1. The molecule has 0 spiro atoms. The summed E-state index contributed by atoms with van der Waals surface area (Å²) in [5.41, 5.74) is 0. The van der Waals surface area contributed by atoms with Gasteiger partial charge in [0, 0.05) is 12.6 Å². The van der Waals surface area contributed by atoms with Gasteiger partial charge in [-0.25, -0.2) is 8.42 Å². The smallest absolute Gasteiger partial charge is 0.242 e. The van der Waals surface area contributed by atoms with Crippen molar-refractivity contribution in [2.24, 2.45) is 0 Å². The van der Waals surface area contributed by atoms with Gasteiger partial charge in [-0.3, -0.25) is 14.5 Å². The summed E-state index contributed by atoms with van der Waals surface area (Å²) in [5.74, 6) is -0.0641. The summed E-state index contributed by atoms with van der Waals surface area (Å²) in [6.07, 6.45) is 3.05. The van der Waals surface area contributed by atoms with E-state index in [1.807, 2.05) is 0 Å². The van der Waals surface area contributed by atoms with E-state index >= 15 is 0 Å². The summed E-state index contributed by atoms with van der Waals surface area (Å²) in [7, 11) is -1.21. The average molecular weight is 317 g/mol. The summed E-state index contributed by atoms with van der Waals surface area (Å²) in [4.78, 5) is 25.5. The minimum Gasteiger partial charge on any atom is -0.354 e. The maximum absolute atomic E-state index is 12.0. The van der Waals surface area contributed by atoms with Crippen molar-refractivity contribution >= 4 is 21.7 Å². The van der Waals surface area contributed by atoms with E-state index in [-0.39, 0.29) is 35.9 Å². The Morgan fingerprint density at radius 3 is 2.81 bits per heavy atom. The van der Waals surface area contributed by atoms with Crippen LogP contribution < -0.4 is 10.6 Å². The van der Waals surface area contributed by atoms with Crippen LogP contribution in [0.25, 0.3) is 0 Å². The third kappa shape index (κ3) is 4.67. The molecule has 8 heteroatoms. The molecule has 2 heterocycles.